The number of likely N-dealkylation sites (tertiary alicyclic amines) is 1. The fraction of sp³-hybridized carbons (Fsp3) is 0.280. The number of aromatic nitrogens is 3. The molecule has 0 unspecified atom stereocenters. The summed E-state index contributed by atoms with van der Waals surface area (Å²) in [6.07, 6.45) is 4.92. The van der Waals surface area contributed by atoms with Gasteiger partial charge in [-0.1, -0.05) is 6.07 Å². The lowest BCUT2D eigenvalue weighted by Gasteiger charge is -2.36. The average Bonchev–Trinajstić information content (AvgIpc) is 2.79. The first-order chi connectivity index (χ1) is 15.3. The lowest BCUT2D eigenvalue weighted by atomic mass is 9.94. The van der Waals surface area contributed by atoms with Crippen LogP contribution >= 0.6 is 0 Å². The van der Waals surface area contributed by atoms with Crippen molar-refractivity contribution < 1.29 is 9.90 Å². The first-order valence-corrected chi connectivity index (χ1v) is 10.7. The van der Waals surface area contributed by atoms with Gasteiger partial charge in [0, 0.05) is 42.8 Å². The molecule has 2 aromatic carbocycles. The van der Waals surface area contributed by atoms with Crippen LogP contribution in [0.2, 0.25) is 0 Å². The lowest BCUT2D eigenvalue weighted by Crippen LogP contribution is -2.48. The number of rotatable bonds is 2. The number of β-amino-alcohol motifs (C(OH)–C–C–N with tert-alkyl or cyclic N) is 1. The molecule has 1 aliphatic rings. The van der Waals surface area contributed by atoms with E-state index in [0.29, 0.717) is 47.2 Å². The van der Waals surface area contributed by atoms with E-state index in [4.69, 9.17) is 4.98 Å². The molecule has 32 heavy (non-hydrogen) atoms. The topological polar surface area (TPSA) is 88.3 Å². The van der Waals surface area contributed by atoms with Gasteiger partial charge < -0.3 is 14.6 Å². The highest BCUT2D eigenvalue weighted by Crippen LogP contribution is 2.25. The van der Waals surface area contributed by atoms with Crippen LogP contribution in [-0.2, 0) is 7.05 Å². The highest BCUT2D eigenvalue weighted by atomic mass is 16.3. The Morgan fingerprint density at radius 1 is 1.12 bits per heavy atom. The maximum absolute atomic E-state index is 13.0. The minimum absolute atomic E-state index is 0.0431. The smallest absolute Gasteiger partial charge is 0.258 e. The van der Waals surface area contributed by atoms with E-state index in [-0.39, 0.29) is 11.5 Å². The van der Waals surface area contributed by atoms with Crippen molar-refractivity contribution >= 4 is 27.7 Å². The van der Waals surface area contributed by atoms with Gasteiger partial charge in [-0.3, -0.25) is 14.6 Å². The van der Waals surface area contributed by atoms with E-state index in [0.717, 1.165) is 17.4 Å². The van der Waals surface area contributed by atoms with E-state index < -0.39 is 5.60 Å². The van der Waals surface area contributed by atoms with Crippen LogP contribution < -0.4 is 5.56 Å². The summed E-state index contributed by atoms with van der Waals surface area (Å²) >= 11 is 0. The second-order valence-corrected chi connectivity index (χ2v) is 8.82. The Morgan fingerprint density at radius 3 is 2.78 bits per heavy atom. The molecule has 4 aromatic rings. The van der Waals surface area contributed by atoms with Crippen LogP contribution in [0.25, 0.3) is 33.1 Å². The van der Waals surface area contributed by atoms with Crippen molar-refractivity contribution in [2.24, 2.45) is 7.05 Å². The molecule has 0 spiro atoms. The molecular weight excluding hydrogens is 404 g/mol. The Hall–Kier alpha value is -3.58. The number of amides is 1. The van der Waals surface area contributed by atoms with Gasteiger partial charge in [-0.25, -0.2) is 4.98 Å². The second kappa shape index (κ2) is 7.53. The van der Waals surface area contributed by atoms with Gasteiger partial charge >= 0.3 is 0 Å². The molecule has 1 fully saturated rings. The standard InChI is InChI=1S/C25H24N4O3/c1-25(32)9-3-10-29(15-25)23(30)18-5-7-20-21(13-18)27-22(14-26-20)17-4-6-19-16(12-17)8-11-28(2)24(19)31/h4-8,11-14,32H,3,9-10,15H2,1-2H3/t25-/m1/s1. The Bertz CT molecular complexity index is 1420. The van der Waals surface area contributed by atoms with Crippen LogP contribution in [0, 0.1) is 0 Å². The zero-order valence-corrected chi connectivity index (χ0v) is 18.1. The Kier molecular flexibility index (Phi) is 4.78. The Balaban J connectivity index is 1.51. The summed E-state index contributed by atoms with van der Waals surface area (Å²) < 4.78 is 1.55. The average molecular weight is 428 g/mol. The monoisotopic (exact) mass is 428 g/mol. The number of fused-ring (bicyclic) bond motifs is 2. The summed E-state index contributed by atoms with van der Waals surface area (Å²) in [5, 5.41) is 11.8. The normalized spacial score (nSPS) is 18.9. The predicted octanol–water partition coefficient (Wildman–Crippen LogP) is 3.14. The van der Waals surface area contributed by atoms with Gasteiger partial charge in [-0.2, -0.15) is 0 Å². The number of piperidine rings is 1. The molecule has 0 saturated carbocycles. The minimum atomic E-state index is -0.852. The molecule has 1 aliphatic heterocycles. The van der Waals surface area contributed by atoms with Gasteiger partial charge in [-0.05, 0) is 61.5 Å². The number of hydrogen-bond acceptors (Lipinski definition) is 5. The van der Waals surface area contributed by atoms with Crippen molar-refractivity contribution in [3.63, 3.8) is 0 Å². The van der Waals surface area contributed by atoms with E-state index in [1.54, 1.807) is 60.1 Å². The number of aryl methyl sites for hydroxylation is 1. The third kappa shape index (κ3) is 3.65. The number of aliphatic hydroxyl groups is 1. The number of pyridine rings is 1. The molecule has 0 radical (unpaired) electrons. The summed E-state index contributed by atoms with van der Waals surface area (Å²) in [6, 6.07) is 12.8. The quantitative estimate of drug-likeness (QED) is 0.530. The Labute approximate surface area is 185 Å². The molecular formula is C25H24N4O3. The predicted molar refractivity (Wildman–Crippen MR) is 123 cm³/mol. The third-order valence-corrected chi connectivity index (χ3v) is 6.13. The molecule has 2 aromatic heterocycles. The molecule has 7 nitrogen and oxygen atoms in total. The van der Waals surface area contributed by atoms with Crippen molar-refractivity contribution in [3.8, 4) is 11.3 Å². The number of carbonyl (C=O) groups excluding carboxylic acids is 1. The SMILES string of the molecule is Cn1ccc2cc(-c3cnc4ccc(C(=O)N5CCC[C@@](C)(O)C5)cc4n3)ccc2c1=O. The van der Waals surface area contributed by atoms with Gasteiger partial charge in [0.25, 0.3) is 11.5 Å². The first kappa shape index (κ1) is 20.3. The van der Waals surface area contributed by atoms with Crippen LogP contribution in [0.4, 0.5) is 0 Å². The number of hydrogen-bond donors (Lipinski definition) is 1. The first-order valence-electron chi connectivity index (χ1n) is 10.7. The zero-order valence-electron chi connectivity index (χ0n) is 18.1. The summed E-state index contributed by atoms with van der Waals surface area (Å²) in [7, 11) is 1.73. The van der Waals surface area contributed by atoms with E-state index in [1.807, 2.05) is 18.2 Å². The molecule has 3 heterocycles. The summed E-state index contributed by atoms with van der Waals surface area (Å²) in [5.74, 6) is -0.111. The zero-order chi connectivity index (χ0) is 22.5. The van der Waals surface area contributed by atoms with Crippen LogP contribution in [0.1, 0.15) is 30.1 Å². The molecule has 1 atom stereocenters. The van der Waals surface area contributed by atoms with Crippen molar-refractivity contribution in [2.75, 3.05) is 13.1 Å². The molecule has 5 rings (SSSR count). The van der Waals surface area contributed by atoms with Crippen molar-refractivity contribution in [3.05, 3.63) is 70.8 Å². The molecule has 7 heteroatoms. The summed E-state index contributed by atoms with van der Waals surface area (Å²) in [4.78, 5) is 36.3. The summed E-state index contributed by atoms with van der Waals surface area (Å²) in [5.41, 5.74) is 2.48. The van der Waals surface area contributed by atoms with Gasteiger partial charge in [-0.15, -0.1) is 0 Å². The number of benzene rings is 2. The third-order valence-electron chi connectivity index (χ3n) is 6.13. The van der Waals surface area contributed by atoms with E-state index in [1.165, 1.54) is 0 Å². The van der Waals surface area contributed by atoms with Crippen LogP contribution in [0.15, 0.2) is 59.7 Å². The van der Waals surface area contributed by atoms with Crippen molar-refractivity contribution in [1.82, 2.24) is 19.4 Å². The maximum atomic E-state index is 13.0. The largest absolute Gasteiger partial charge is 0.388 e. The van der Waals surface area contributed by atoms with Gasteiger partial charge in [0.2, 0.25) is 0 Å². The van der Waals surface area contributed by atoms with Crippen molar-refractivity contribution in [1.29, 1.82) is 0 Å². The molecule has 1 N–H and O–H groups in total. The van der Waals surface area contributed by atoms with E-state index in [9.17, 15) is 14.7 Å². The molecule has 162 valence electrons. The van der Waals surface area contributed by atoms with E-state index >= 15 is 0 Å². The molecule has 1 saturated heterocycles. The Morgan fingerprint density at radius 2 is 1.97 bits per heavy atom. The van der Waals surface area contributed by atoms with Crippen molar-refractivity contribution in [2.45, 2.75) is 25.4 Å². The number of carbonyl (C=O) groups is 1. The second-order valence-electron chi connectivity index (χ2n) is 8.82. The van der Waals surface area contributed by atoms with Gasteiger partial charge in [0.05, 0.1) is 28.5 Å². The summed E-state index contributed by atoms with van der Waals surface area (Å²) in [6.45, 7) is 2.73. The van der Waals surface area contributed by atoms with Crippen LogP contribution in [-0.4, -0.2) is 49.1 Å². The van der Waals surface area contributed by atoms with Gasteiger partial charge in [0.1, 0.15) is 0 Å². The lowest BCUT2D eigenvalue weighted by molar-refractivity contribution is -0.0107. The molecule has 0 bridgehead atoms. The molecule has 1 amide bonds. The highest BCUT2D eigenvalue weighted by molar-refractivity contribution is 5.97. The molecule has 0 aliphatic carbocycles. The van der Waals surface area contributed by atoms with Gasteiger partial charge in [0.15, 0.2) is 0 Å². The van der Waals surface area contributed by atoms with Crippen LogP contribution in [0.5, 0.6) is 0 Å². The fourth-order valence-corrected chi connectivity index (χ4v) is 4.36. The van der Waals surface area contributed by atoms with Crippen LogP contribution in [0.3, 0.4) is 0 Å². The minimum Gasteiger partial charge on any atom is -0.388 e. The number of nitrogens with zero attached hydrogens (tertiary/aromatic N) is 4. The maximum Gasteiger partial charge on any atom is 0.258 e. The highest BCUT2D eigenvalue weighted by Gasteiger charge is 2.31. The fourth-order valence-electron chi connectivity index (χ4n) is 4.36. The van der Waals surface area contributed by atoms with E-state index in [2.05, 4.69) is 4.98 Å².